The molecule has 0 spiro atoms. The molecule has 9 heteroatoms. The van der Waals surface area contributed by atoms with E-state index in [9.17, 15) is 18.0 Å². The number of carbonyl (C=O) groups is 2. The van der Waals surface area contributed by atoms with Gasteiger partial charge in [-0.2, -0.15) is 4.31 Å². The van der Waals surface area contributed by atoms with Gasteiger partial charge < -0.3 is 10.4 Å². The molecule has 1 heterocycles. The van der Waals surface area contributed by atoms with Crippen LogP contribution in [-0.4, -0.2) is 59.8 Å². The van der Waals surface area contributed by atoms with E-state index in [2.05, 4.69) is 5.32 Å². The number of anilines is 1. The van der Waals surface area contributed by atoms with Crippen molar-refractivity contribution >= 4 is 27.5 Å². The van der Waals surface area contributed by atoms with E-state index in [0.717, 1.165) is 11.0 Å². The molecule has 0 bridgehead atoms. The molecule has 2 amide bonds. The molecule has 1 aromatic rings. The second kappa shape index (κ2) is 8.20. The third kappa shape index (κ3) is 4.37. The van der Waals surface area contributed by atoms with E-state index in [1.165, 1.54) is 16.4 Å². The van der Waals surface area contributed by atoms with Crippen LogP contribution < -0.4 is 5.32 Å². The molecule has 2 rings (SSSR count). The average molecular weight is 395 g/mol. The molecular formula is C18H25N3O5S. The predicted octanol–water partition coefficient (Wildman–Crippen LogP) is 1.15. The van der Waals surface area contributed by atoms with Crippen molar-refractivity contribution in [2.24, 2.45) is 0 Å². The number of aliphatic hydroxyl groups is 1. The van der Waals surface area contributed by atoms with Gasteiger partial charge in [-0.3, -0.25) is 14.5 Å². The number of benzene rings is 1. The van der Waals surface area contributed by atoms with Crippen LogP contribution in [0.4, 0.5) is 5.69 Å². The van der Waals surface area contributed by atoms with E-state index in [1.54, 1.807) is 12.1 Å². The quantitative estimate of drug-likeness (QED) is 0.640. The minimum atomic E-state index is -3.65. The number of imide groups is 1. The fourth-order valence-corrected chi connectivity index (χ4v) is 4.88. The molecule has 1 aliphatic heterocycles. The summed E-state index contributed by atoms with van der Waals surface area (Å²) in [6, 6.07) is 5.64. The second-order valence-corrected chi connectivity index (χ2v) is 8.59. The van der Waals surface area contributed by atoms with Crippen LogP contribution in [0.5, 0.6) is 0 Å². The molecular weight excluding hydrogens is 370 g/mol. The molecule has 148 valence electrons. The van der Waals surface area contributed by atoms with Gasteiger partial charge in [-0.05, 0) is 52.0 Å². The van der Waals surface area contributed by atoms with Crippen LogP contribution in [0.1, 0.15) is 27.7 Å². The van der Waals surface area contributed by atoms with Gasteiger partial charge in [0.05, 0.1) is 18.0 Å². The van der Waals surface area contributed by atoms with Crippen molar-refractivity contribution in [1.29, 1.82) is 0 Å². The summed E-state index contributed by atoms with van der Waals surface area (Å²) in [5.74, 6) is -1.03. The Morgan fingerprint density at radius 2 is 1.63 bits per heavy atom. The fourth-order valence-electron chi connectivity index (χ4n) is 3.05. The summed E-state index contributed by atoms with van der Waals surface area (Å²) >= 11 is 0. The normalized spacial score (nSPS) is 15.3. The number of nitrogens with one attached hydrogen (secondary N) is 1. The Bertz CT molecular complexity index is 836. The maximum atomic E-state index is 12.8. The van der Waals surface area contributed by atoms with E-state index in [4.69, 9.17) is 5.11 Å². The minimum absolute atomic E-state index is 0.0727. The van der Waals surface area contributed by atoms with Gasteiger partial charge in [0, 0.05) is 23.8 Å². The molecule has 0 radical (unpaired) electrons. The molecule has 0 atom stereocenters. The Labute approximate surface area is 159 Å². The van der Waals surface area contributed by atoms with E-state index >= 15 is 0 Å². The summed E-state index contributed by atoms with van der Waals surface area (Å²) in [5, 5.41) is 11.7. The first-order valence-corrected chi connectivity index (χ1v) is 10.1. The van der Waals surface area contributed by atoms with Crippen LogP contribution in [0.3, 0.4) is 0 Å². The van der Waals surface area contributed by atoms with Gasteiger partial charge in [0.15, 0.2) is 0 Å². The summed E-state index contributed by atoms with van der Waals surface area (Å²) < 4.78 is 27.1. The van der Waals surface area contributed by atoms with E-state index in [1.807, 2.05) is 27.7 Å². The molecule has 0 unspecified atom stereocenters. The Morgan fingerprint density at radius 3 is 2.11 bits per heavy atom. The lowest BCUT2D eigenvalue weighted by molar-refractivity contribution is -0.137. The number of amides is 2. The Hall–Kier alpha value is -2.23. The van der Waals surface area contributed by atoms with E-state index in [0.29, 0.717) is 5.69 Å². The highest BCUT2D eigenvalue weighted by atomic mass is 32.2. The highest BCUT2D eigenvalue weighted by molar-refractivity contribution is 7.89. The predicted molar refractivity (Wildman–Crippen MR) is 101 cm³/mol. The molecule has 0 saturated heterocycles. The number of hydrogen-bond donors (Lipinski definition) is 2. The molecule has 0 saturated carbocycles. The third-order valence-corrected chi connectivity index (χ3v) is 6.33. The molecule has 0 aromatic heterocycles. The topological polar surface area (TPSA) is 107 Å². The fraction of sp³-hybridized carbons (Fsp3) is 0.444. The number of carbonyl (C=O) groups excluding carboxylic acids is 2. The second-order valence-electron chi connectivity index (χ2n) is 6.75. The Balaban J connectivity index is 2.20. The van der Waals surface area contributed by atoms with Crippen molar-refractivity contribution < 1.29 is 23.1 Å². The van der Waals surface area contributed by atoms with Gasteiger partial charge in [-0.25, -0.2) is 8.42 Å². The lowest BCUT2D eigenvalue weighted by Gasteiger charge is -2.29. The number of aliphatic hydroxyl groups excluding tert-OH is 1. The van der Waals surface area contributed by atoms with Crippen LogP contribution in [0.25, 0.3) is 0 Å². The van der Waals surface area contributed by atoms with Crippen LogP contribution >= 0.6 is 0 Å². The number of sulfonamides is 1. The zero-order valence-corrected chi connectivity index (χ0v) is 16.7. The van der Waals surface area contributed by atoms with Crippen LogP contribution in [0, 0.1) is 0 Å². The van der Waals surface area contributed by atoms with Gasteiger partial charge in [0.25, 0.3) is 11.8 Å². The molecule has 8 nitrogen and oxygen atoms in total. The minimum Gasteiger partial charge on any atom is -0.395 e. The van der Waals surface area contributed by atoms with E-state index in [-0.39, 0.29) is 35.8 Å². The van der Waals surface area contributed by atoms with Crippen molar-refractivity contribution in [1.82, 2.24) is 9.21 Å². The van der Waals surface area contributed by atoms with Crippen LogP contribution in [0.15, 0.2) is 40.9 Å². The van der Waals surface area contributed by atoms with Crippen LogP contribution in [0.2, 0.25) is 0 Å². The number of rotatable bonds is 8. The number of nitrogens with zero attached hydrogens (tertiary/aromatic N) is 2. The molecule has 0 aliphatic carbocycles. The van der Waals surface area contributed by atoms with Gasteiger partial charge >= 0.3 is 0 Å². The standard InChI is InChI=1S/C18H25N3O5S/c1-12(2)21(13(3)4)27(25,26)15-7-5-14(6-8-15)19-16-11-17(23)20(9-10-22)18(16)24/h5-8,11-13,19,22H,9-10H2,1-4H3. The van der Waals surface area contributed by atoms with Crippen LogP contribution in [-0.2, 0) is 19.6 Å². The van der Waals surface area contributed by atoms with Gasteiger partial charge in [0.2, 0.25) is 10.0 Å². The molecule has 27 heavy (non-hydrogen) atoms. The van der Waals surface area contributed by atoms with E-state index < -0.39 is 21.8 Å². The van der Waals surface area contributed by atoms with Gasteiger partial charge in [-0.15, -0.1) is 0 Å². The monoisotopic (exact) mass is 395 g/mol. The maximum Gasteiger partial charge on any atom is 0.277 e. The Morgan fingerprint density at radius 1 is 1.07 bits per heavy atom. The number of hydrogen-bond acceptors (Lipinski definition) is 6. The SMILES string of the molecule is CC(C)N(C(C)C)S(=O)(=O)c1ccc(NC2=CC(=O)N(CCO)C2=O)cc1. The summed E-state index contributed by atoms with van der Waals surface area (Å²) in [4.78, 5) is 25.0. The van der Waals surface area contributed by atoms with Gasteiger partial charge in [0.1, 0.15) is 5.70 Å². The highest BCUT2D eigenvalue weighted by Gasteiger charge is 2.31. The molecule has 0 fully saturated rings. The van der Waals surface area contributed by atoms with Crippen molar-refractivity contribution in [2.45, 2.75) is 44.7 Å². The Kier molecular flexibility index (Phi) is 6.40. The lowest BCUT2D eigenvalue weighted by atomic mass is 10.3. The molecule has 2 N–H and O–H groups in total. The summed E-state index contributed by atoms with van der Waals surface area (Å²) in [6.45, 7) is 6.90. The van der Waals surface area contributed by atoms with Crippen molar-refractivity contribution in [2.75, 3.05) is 18.5 Å². The summed E-state index contributed by atoms with van der Waals surface area (Å²) in [7, 11) is -3.65. The lowest BCUT2D eigenvalue weighted by Crippen LogP contribution is -2.41. The van der Waals surface area contributed by atoms with Crippen molar-refractivity contribution in [3.05, 3.63) is 36.0 Å². The first-order valence-electron chi connectivity index (χ1n) is 8.68. The zero-order valence-electron chi connectivity index (χ0n) is 15.8. The maximum absolute atomic E-state index is 12.8. The molecule has 1 aromatic carbocycles. The summed E-state index contributed by atoms with van der Waals surface area (Å²) in [6.07, 6.45) is 1.15. The first-order chi connectivity index (χ1) is 12.6. The van der Waals surface area contributed by atoms with Crippen molar-refractivity contribution in [3.63, 3.8) is 0 Å². The van der Waals surface area contributed by atoms with Gasteiger partial charge in [-0.1, -0.05) is 0 Å². The summed E-state index contributed by atoms with van der Waals surface area (Å²) in [5.41, 5.74) is 0.558. The molecule has 1 aliphatic rings. The zero-order chi connectivity index (χ0) is 20.4. The smallest absolute Gasteiger partial charge is 0.277 e. The average Bonchev–Trinajstić information content (AvgIpc) is 2.82. The third-order valence-electron chi connectivity index (χ3n) is 4.06. The highest BCUT2D eigenvalue weighted by Crippen LogP contribution is 2.24. The number of β-amino-alcohol motifs (C(OH)–C–C–N with tert-alkyl or cyclic N) is 1. The first kappa shape index (κ1) is 21.1. The van der Waals surface area contributed by atoms with Crippen molar-refractivity contribution in [3.8, 4) is 0 Å². The largest absolute Gasteiger partial charge is 0.395 e.